The highest BCUT2D eigenvalue weighted by molar-refractivity contribution is 5.77. The number of aromatic nitrogens is 2. The molecule has 22 heavy (non-hydrogen) atoms. The standard InChI is InChI=1S/C16H20N4O2/c17-13(11-5-6-11)9-18-15(21)7-8-20-10-19-14-4-2-1-3-12(14)16(20)22/h1-4,10-11,13H,5-9,17H2,(H,18,21). The predicted molar refractivity (Wildman–Crippen MR) is 84.3 cm³/mol. The van der Waals surface area contributed by atoms with Crippen LogP contribution in [0.1, 0.15) is 19.3 Å². The number of carbonyl (C=O) groups excluding carboxylic acids is 1. The van der Waals surface area contributed by atoms with E-state index in [0.29, 0.717) is 29.9 Å². The van der Waals surface area contributed by atoms with Crippen molar-refractivity contribution in [1.29, 1.82) is 0 Å². The third-order valence-electron chi connectivity index (χ3n) is 4.07. The van der Waals surface area contributed by atoms with E-state index < -0.39 is 0 Å². The SMILES string of the molecule is NC(CNC(=O)CCn1cnc2ccccc2c1=O)C1CC1. The van der Waals surface area contributed by atoms with Gasteiger partial charge in [0.15, 0.2) is 0 Å². The molecule has 2 aromatic rings. The van der Waals surface area contributed by atoms with Crippen molar-refractivity contribution in [3.05, 3.63) is 40.9 Å². The lowest BCUT2D eigenvalue weighted by Gasteiger charge is -2.12. The van der Waals surface area contributed by atoms with Gasteiger partial charge in [0.2, 0.25) is 5.91 Å². The fourth-order valence-corrected chi connectivity index (χ4v) is 2.50. The van der Waals surface area contributed by atoms with Gasteiger partial charge in [-0.3, -0.25) is 14.2 Å². The zero-order valence-corrected chi connectivity index (χ0v) is 12.4. The molecule has 0 saturated heterocycles. The average Bonchev–Trinajstić information content (AvgIpc) is 3.37. The van der Waals surface area contributed by atoms with Crippen LogP contribution in [0.2, 0.25) is 0 Å². The van der Waals surface area contributed by atoms with Gasteiger partial charge >= 0.3 is 0 Å². The minimum absolute atomic E-state index is 0.0500. The molecule has 3 N–H and O–H groups in total. The molecular weight excluding hydrogens is 280 g/mol. The summed E-state index contributed by atoms with van der Waals surface area (Å²) in [6.45, 7) is 0.829. The van der Waals surface area contributed by atoms with Gasteiger partial charge in [0.1, 0.15) is 0 Å². The zero-order chi connectivity index (χ0) is 15.5. The topological polar surface area (TPSA) is 90.0 Å². The molecule has 1 aliphatic carbocycles. The van der Waals surface area contributed by atoms with Crippen LogP contribution in [-0.2, 0) is 11.3 Å². The number of aryl methyl sites for hydroxylation is 1. The summed E-state index contributed by atoms with van der Waals surface area (Å²) >= 11 is 0. The second-order valence-corrected chi connectivity index (χ2v) is 5.82. The number of carbonyl (C=O) groups is 1. The molecule has 0 aliphatic heterocycles. The number of rotatable bonds is 6. The Balaban J connectivity index is 1.57. The molecule has 1 aromatic heterocycles. The lowest BCUT2D eigenvalue weighted by Crippen LogP contribution is -2.39. The Morgan fingerprint density at radius 1 is 1.41 bits per heavy atom. The van der Waals surface area contributed by atoms with Gasteiger partial charge in [0.25, 0.3) is 5.56 Å². The molecule has 6 nitrogen and oxygen atoms in total. The number of nitrogens with zero attached hydrogens (tertiary/aromatic N) is 2. The fourth-order valence-electron chi connectivity index (χ4n) is 2.50. The lowest BCUT2D eigenvalue weighted by atomic mass is 10.2. The second kappa shape index (κ2) is 6.27. The molecule has 1 aromatic carbocycles. The third kappa shape index (κ3) is 3.33. The largest absolute Gasteiger partial charge is 0.354 e. The van der Waals surface area contributed by atoms with Crippen molar-refractivity contribution in [2.45, 2.75) is 31.8 Å². The molecule has 1 unspecified atom stereocenters. The van der Waals surface area contributed by atoms with Crippen LogP contribution in [0.3, 0.4) is 0 Å². The van der Waals surface area contributed by atoms with Crippen LogP contribution >= 0.6 is 0 Å². The molecule has 0 radical (unpaired) electrons. The highest BCUT2D eigenvalue weighted by Crippen LogP contribution is 2.31. The number of nitrogens with two attached hydrogens (primary N) is 1. The van der Waals surface area contributed by atoms with E-state index in [9.17, 15) is 9.59 Å². The summed E-state index contributed by atoms with van der Waals surface area (Å²) in [4.78, 5) is 28.3. The van der Waals surface area contributed by atoms with Gasteiger partial charge in [-0.1, -0.05) is 12.1 Å². The van der Waals surface area contributed by atoms with Crippen molar-refractivity contribution in [3.63, 3.8) is 0 Å². The number of hydrogen-bond acceptors (Lipinski definition) is 4. The molecule has 1 heterocycles. The van der Waals surface area contributed by atoms with E-state index in [-0.39, 0.29) is 23.9 Å². The normalized spacial score (nSPS) is 15.7. The number of amides is 1. The van der Waals surface area contributed by atoms with Gasteiger partial charge in [-0.2, -0.15) is 0 Å². The maximum Gasteiger partial charge on any atom is 0.261 e. The van der Waals surface area contributed by atoms with Crippen LogP contribution in [-0.4, -0.2) is 28.0 Å². The van der Waals surface area contributed by atoms with E-state index in [1.165, 1.54) is 10.9 Å². The predicted octanol–water partition coefficient (Wildman–Crippen LogP) is 0.640. The Labute approximate surface area is 128 Å². The first-order valence-electron chi connectivity index (χ1n) is 7.61. The maximum atomic E-state index is 12.3. The van der Waals surface area contributed by atoms with E-state index >= 15 is 0 Å². The Kier molecular flexibility index (Phi) is 4.20. The van der Waals surface area contributed by atoms with Gasteiger partial charge in [0, 0.05) is 25.6 Å². The molecule has 1 fully saturated rings. The van der Waals surface area contributed by atoms with E-state index in [4.69, 9.17) is 5.73 Å². The van der Waals surface area contributed by atoms with Crippen LogP contribution in [0.4, 0.5) is 0 Å². The van der Waals surface area contributed by atoms with Gasteiger partial charge < -0.3 is 11.1 Å². The summed E-state index contributed by atoms with van der Waals surface area (Å²) in [7, 11) is 0. The van der Waals surface area contributed by atoms with Crippen LogP contribution in [0.15, 0.2) is 35.4 Å². The molecule has 1 saturated carbocycles. The first-order valence-corrected chi connectivity index (χ1v) is 7.61. The van der Waals surface area contributed by atoms with Crippen molar-refractivity contribution in [3.8, 4) is 0 Å². The molecule has 1 amide bonds. The summed E-state index contributed by atoms with van der Waals surface area (Å²) in [6.07, 6.45) is 4.07. The average molecular weight is 300 g/mol. The van der Waals surface area contributed by atoms with Gasteiger partial charge in [-0.25, -0.2) is 4.98 Å². The Morgan fingerprint density at radius 3 is 2.95 bits per heavy atom. The van der Waals surface area contributed by atoms with E-state index in [0.717, 1.165) is 12.8 Å². The molecular formula is C16H20N4O2. The molecule has 6 heteroatoms. The molecule has 0 bridgehead atoms. The molecule has 0 spiro atoms. The van der Waals surface area contributed by atoms with Crippen molar-refractivity contribution >= 4 is 16.8 Å². The maximum absolute atomic E-state index is 12.3. The smallest absolute Gasteiger partial charge is 0.261 e. The molecule has 1 atom stereocenters. The highest BCUT2D eigenvalue weighted by atomic mass is 16.1. The minimum atomic E-state index is -0.118. The first kappa shape index (κ1) is 14.7. The van der Waals surface area contributed by atoms with Crippen molar-refractivity contribution in [2.75, 3.05) is 6.54 Å². The van der Waals surface area contributed by atoms with Crippen LogP contribution < -0.4 is 16.6 Å². The second-order valence-electron chi connectivity index (χ2n) is 5.82. The van der Waals surface area contributed by atoms with Gasteiger partial charge in [-0.15, -0.1) is 0 Å². The Morgan fingerprint density at radius 2 is 2.18 bits per heavy atom. The highest BCUT2D eigenvalue weighted by Gasteiger charge is 2.28. The van der Waals surface area contributed by atoms with Gasteiger partial charge in [0.05, 0.1) is 17.2 Å². The molecule has 3 rings (SSSR count). The minimum Gasteiger partial charge on any atom is -0.354 e. The van der Waals surface area contributed by atoms with E-state index in [2.05, 4.69) is 10.3 Å². The monoisotopic (exact) mass is 300 g/mol. The number of fused-ring (bicyclic) bond motifs is 1. The summed E-state index contributed by atoms with van der Waals surface area (Å²) in [5.41, 5.74) is 6.49. The Hall–Kier alpha value is -2.21. The van der Waals surface area contributed by atoms with Crippen LogP contribution in [0.5, 0.6) is 0 Å². The van der Waals surface area contributed by atoms with Crippen molar-refractivity contribution < 1.29 is 4.79 Å². The van der Waals surface area contributed by atoms with Crippen LogP contribution in [0.25, 0.3) is 10.9 Å². The lowest BCUT2D eigenvalue weighted by molar-refractivity contribution is -0.121. The third-order valence-corrected chi connectivity index (χ3v) is 4.07. The summed E-state index contributed by atoms with van der Waals surface area (Å²) in [6, 6.07) is 7.24. The van der Waals surface area contributed by atoms with Crippen molar-refractivity contribution in [1.82, 2.24) is 14.9 Å². The fraction of sp³-hybridized carbons (Fsp3) is 0.438. The number of nitrogens with one attached hydrogen (secondary N) is 1. The van der Waals surface area contributed by atoms with Crippen molar-refractivity contribution in [2.24, 2.45) is 11.7 Å². The van der Waals surface area contributed by atoms with E-state index in [1.54, 1.807) is 12.1 Å². The Bertz CT molecular complexity index is 736. The quantitative estimate of drug-likeness (QED) is 0.819. The molecule has 116 valence electrons. The first-order chi connectivity index (χ1) is 10.6. The van der Waals surface area contributed by atoms with E-state index in [1.807, 2.05) is 12.1 Å². The number of benzene rings is 1. The zero-order valence-electron chi connectivity index (χ0n) is 12.4. The summed E-state index contributed by atoms with van der Waals surface area (Å²) in [5.74, 6) is 0.476. The number of para-hydroxylation sites is 1. The summed E-state index contributed by atoms with van der Waals surface area (Å²) < 4.78 is 1.47. The van der Waals surface area contributed by atoms with Gasteiger partial charge in [-0.05, 0) is 30.9 Å². The molecule has 1 aliphatic rings. The number of hydrogen-bond donors (Lipinski definition) is 2. The summed E-state index contributed by atoms with van der Waals surface area (Å²) in [5, 5.41) is 3.40. The van der Waals surface area contributed by atoms with Crippen LogP contribution in [0, 0.1) is 5.92 Å².